The maximum Gasteiger partial charge on any atom is 0.343 e. The number of carbonyl (C=O) groups excluding carboxylic acids is 1. The standard InChI is InChI=1S/C24H25N5O7S/c25-24(26)28-18-7-5-17(6-8-18)23(33)36-20-11-3-16(4-12-20)14-27-37(34,35)29-21(22(31)32)13-15-1-9-19(30)10-2-15/h1-12,21,27,29-30H,13-14H2,(H,31,32)(H4,25,26,28)/t21-/m0/s1. The second-order valence-corrected chi connectivity index (χ2v) is 9.35. The van der Waals surface area contributed by atoms with Crippen LogP contribution in [0.3, 0.4) is 0 Å². The number of phenols is 1. The van der Waals surface area contributed by atoms with Crippen molar-refractivity contribution in [2.24, 2.45) is 16.5 Å². The van der Waals surface area contributed by atoms with E-state index in [0.29, 0.717) is 16.8 Å². The maximum absolute atomic E-state index is 12.4. The molecule has 0 aliphatic carbocycles. The molecule has 0 saturated heterocycles. The van der Waals surface area contributed by atoms with Gasteiger partial charge in [0.2, 0.25) is 0 Å². The third-order valence-corrected chi connectivity index (χ3v) is 6.05. The number of phenolic OH excluding ortho intramolecular Hbond substituents is 1. The number of nitrogens with two attached hydrogens (primary N) is 2. The van der Waals surface area contributed by atoms with Gasteiger partial charge < -0.3 is 26.4 Å². The molecule has 0 aromatic heterocycles. The molecule has 0 unspecified atom stereocenters. The SMILES string of the molecule is NC(N)=Nc1ccc(C(=O)Oc2ccc(CNS(=O)(=O)N[C@@H](Cc3ccc(O)cc3)C(=O)O)cc2)cc1. The van der Waals surface area contributed by atoms with Crippen LogP contribution in [0.5, 0.6) is 11.5 Å². The minimum atomic E-state index is -4.17. The van der Waals surface area contributed by atoms with Crippen LogP contribution < -0.4 is 25.6 Å². The van der Waals surface area contributed by atoms with Crippen molar-refractivity contribution < 1.29 is 33.0 Å². The Morgan fingerprint density at radius 3 is 2.08 bits per heavy atom. The summed E-state index contributed by atoms with van der Waals surface area (Å²) in [6.07, 6.45) is -0.117. The number of aliphatic imine (C=N–C) groups is 1. The highest BCUT2D eigenvalue weighted by atomic mass is 32.2. The van der Waals surface area contributed by atoms with E-state index in [1.165, 1.54) is 48.5 Å². The second-order valence-electron chi connectivity index (χ2n) is 7.82. The second kappa shape index (κ2) is 12.0. The van der Waals surface area contributed by atoms with Crippen LogP contribution in [0.4, 0.5) is 5.69 Å². The molecule has 0 fully saturated rings. The zero-order valence-corrected chi connectivity index (χ0v) is 20.2. The number of aliphatic carboxylic acids is 1. The number of carboxylic acids is 1. The highest BCUT2D eigenvalue weighted by Crippen LogP contribution is 2.17. The fourth-order valence-corrected chi connectivity index (χ4v) is 4.12. The number of hydrogen-bond donors (Lipinski definition) is 6. The summed E-state index contributed by atoms with van der Waals surface area (Å²) in [7, 11) is -4.17. The lowest BCUT2D eigenvalue weighted by Crippen LogP contribution is -2.47. The predicted molar refractivity (Wildman–Crippen MR) is 135 cm³/mol. The molecular formula is C24H25N5O7S. The molecule has 3 aromatic carbocycles. The minimum absolute atomic E-state index is 0.0110. The van der Waals surface area contributed by atoms with Crippen molar-refractivity contribution in [2.75, 3.05) is 0 Å². The fraction of sp³-hybridized carbons (Fsp3) is 0.125. The number of carbonyl (C=O) groups is 2. The van der Waals surface area contributed by atoms with Gasteiger partial charge in [0.1, 0.15) is 17.5 Å². The largest absolute Gasteiger partial charge is 0.508 e. The molecule has 13 heteroatoms. The Labute approximate surface area is 212 Å². The Bertz CT molecular complexity index is 1370. The van der Waals surface area contributed by atoms with Crippen LogP contribution in [-0.2, 0) is 28.0 Å². The molecule has 12 nitrogen and oxygen atoms in total. The summed E-state index contributed by atoms with van der Waals surface area (Å²) in [4.78, 5) is 27.7. The van der Waals surface area contributed by atoms with Gasteiger partial charge >= 0.3 is 11.9 Å². The number of nitrogens with zero attached hydrogens (tertiary/aromatic N) is 1. The number of hydrogen-bond acceptors (Lipinski definition) is 7. The van der Waals surface area contributed by atoms with Crippen LogP contribution in [0, 0.1) is 0 Å². The van der Waals surface area contributed by atoms with Gasteiger partial charge in [0.25, 0.3) is 10.2 Å². The predicted octanol–water partition coefficient (Wildman–Crippen LogP) is 1.14. The summed E-state index contributed by atoms with van der Waals surface area (Å²) < 4.78 is 34.5. The number of aromatic hydroxyl groups is 1. The van der Waals surface area contributed by atoms with Crippen molar-refractivity contribution in [1.29, 1.82) is 0 Å². The summed E-state index contributed by atoms with van der Waals surface area (Å²) in [5.74, 6) is -1.82. The highest BCUT2D eigenvalue weighted by Gasteiger charge is 2.24. The van der Waals surface area contributed by atoms with E-state index in [4.69, 9.17) is 16.2 Å². The first-order chi connectivity index (χ1) is 17.5. The van der Waals surface area contributed by atoms with Crippen LogP contribution >= 0.6 is 0 Å². The summed E-state index contributed by atoms with van der Waals surface area (Å²) in [5, 5.41) is 18.7. The lowest BCUT2D eigenvalue weighted by Gasteiger charge is -2.15. The first-order valence-electron chi connectivity index (χ1n) is 10.8. The molecule has 0 amide bonds. The molecule has 0 saturated carbocycles. The van der Waals surface area contributed by atoms with Crippen molar-refractivity contribution in [3.8, 4) is 11.5 Å². The molecule has 37 heavy (non-hydrogen) atoms. The van der Waals surface area contributed by atoms with E-state index in [2.05, 4.69) is 14.4 Å². The van der Waals surface area contributed by atoms with Gasteiger partial charge in [-0.25, -0.2) is 9.79 Å². The molecule has 3 aromatic rings. The Morgan fingerprint density at radius 2 is 1.51 bits per heavy atom. The molecule has 0 bridgehead atoms. The van der Waals surface area contributed by atoms with Gasteiger partial charge in [-0.3, -0.25) is 4.79 Å². The molecule has 3 rings (SSSR count). The van der Waals surface area contributed by atoms with Crippen LogP contribution in [-0.4, -0.2) is 42.6 Å². The Hall–Kier alpha value is -4.46. The molecule has 0 spiro atoms. The summed E-state index contributed by atoms with van der Waals surface area (Å²) in [6, 6.07) is 16.6. The zero-order valence-electron chi connectivity index (χ0n) is 19.4. The summed E-state index contributed by atoms with van der Waals surface area (Å²) >= 11 is 0. The molecule has 0 aliphatic heterocycles. The van der Waals surface area contributed by atoms with E-state index in [9.17, 15) is 28.2 Å². The smallest absolute Gasteiger partial charge is 0.343 e. The number of nitrogens with one attached hydrogen (secondary N) is 2. The number of guanidine groups is 1. The van der Waals surface area contributed by atoms with Gasteiger partial charge in [0.05, 0.1) is 11.3 Å². The normalized spacial score (nSPS) is 11.9. The van der Waals surface area contributed by atoms with Crippen molar-refractivity contribution in [3.63, 3.8) is 0 Å². The van der Waals surface area contributed by atoms with Crippen LogP contribution in [0.25, 0.3) is 0 Å². The average molecular weight is 528 g/mol. The third-order valence-electron chi connectivity index (χ3n) is 4.93. The van der Waals surface area contributed by atoms with Gasteiger partial charge in [-0.05, 0) is 66.1 Å². The van der Waals surface area contributed by atoms with E-state index < -0.39 is 28.2 Å². The topological polar surface area (TPSA) is 206 Å². The number of benzene rings is 3. The van der Waals surface area contributed by atoms with Crippen LogP contribution in [0.1, 0.15) is 21.5 Å². The van der Waals surface area contributed by atoms with Gasteiger partial charge in [0.15, 0.2) is 5.96 Å². The third kappa shape index (κ3) is 8.61. The van der Waals surface area contributed by atoms with E-state index in [-0.39, 0.29) is 36.0 Å². The summed E-state index contributed by atoms with van der Waals surface area (Å²) in [6.45, 7) is -0.138. The van der Waals surface area contributed by atoms with Gasteiger partial charge in [-0.1, -0.05) is 24.3 Å². The van der Waals surface area contributed by atoms with Crippen molar-refractivity contribution in [3.05, 3.63) is 89.5 Å². The first-order valence-corrected chi connectivity index (χ1v) is 12.3. The van der Waals surface area contributed by atoms with Crippen LogP contribution in [0.15, 0.2) is 77.8 Å². The van der Waals surface area contributed by atoms with Crippen molar-refractivity contribution >= 4 is 33.8 Å². The van der Waals surface area contributed by atoms with E-state index >= 15 is 0 Å². The number of esters is 1. The molecule has 194 valence electrons. The molecule has 0 aliphatic rings. The highest BCUT2D eigenvalue weighted by molar-refractivity contribution is 7.87. The monoisotopic (exact) mass is 527 g/mol. The minimum Gasteiger partial charge on any atom is -0.508 e. The van der Waals surface area contributed by atoms with Gasteiger partial charge in [-0.15, -0.1) is 0 Å². The van der Waals surface area contributed by atoms with Gasteiger partial charge in [-0.2, -0.15) is 17.9 Å². The Kier molecular flexibility index (Phi) is 8.79. The molecule has 0 radical (unpaired) electrons. The number of ether oxygens (including phenoxy) is 1. The lowest BCUT2D eigenvalue weighted by atomic mass is 10.1. The molecule has 8 N–H and O–H groups in total. The fourth-order valence-electron chi connectivity index (χ4n) is 3.12. The lowest BCUT2D eigenvalue weighted by molar-refractivity contribution is -0.138. The zero-order chi connectivity index (χ0) is 27.0. The van der Waals surface area contributed by atoms with Crippen molar-refractivity contribution in [1.82, 2.24) is 9.44 Å². The molecule has 0 heterocycles. The maximum atomic E-state index is 12.4. The van der Waals surface area contributed by atoms with E-state index in [1.807, 2.05) is 0 Å². The van der Waals surface area contributed by atoms with Crippen molar-refractivity contribution in [2.45, 2.75) is 19.0 Å². The van der Waals surface area contributed by atoms with E-state index in [1.54, 1.807) is 24.3 Å². The summed E-state index contributed by atoms with van der Waals surface area (Å²) in [5.41, 5.74) is 12.4. The number of rotatable bonds is 11. The van der Waals surface area contributed by atoms with Crippen LogP contribution in [0.2, 0.25) is 0 Å². The van der Waals surface area contributed by atoms with E-state index in [0.717, 1.165) is 0 Å². The average Bonchev–Trinajstić information content (AvgIpc) is 2.84. The molecule has 1 atom stereocenters. The first kappa shape index (κ1) is 27.1. The number of carboxylic acid groups (broad SMARTS) is 1. The molecular weight excluding hydrogens is 502 g/mol. The Morgan fingerprint density at radius 1 is 0.919 bits per heavy atom. The van der Waals surface area contributed by atoms with Gasteiger partial charge in [0, 0.05) is 6.54 Å². The quantitative estimate of drug-likeness (QED) is 0.0913. The Balaban J connectivity index is 1.55.